The molecule has 1 aliphatic heterocycles. The van der Waals surface area contributed by atoms with Crippen LogP contribution in [0.2, 0.25) is 5.02 Å². The molecule has 0 aromatic heterocycles. The highest BCUT2D eigenvalue weighted by Crippen LogP contribution is 2.22. The van der Waals surface area contributed by atoms with E-state index in [-0.39, 0.29) is 19.1 Å². The third-order valence-electron chi connectivity index (χ3n) is 3.20. The van der Waals surface area contributed by atoms with E-state index in [1.807, 2.05) is 0 Å². The van der Waals surface area contributed by atoms with Gasteiger partial charge in [0.1, 0.15) is 6.04 Å². The van der Waals surface area contributed by atoms with E-state index in [0.29, 0.717) is 29.5 Å². The van der Waals surface area contributed by atoms with Crippen LogP contribution >= 0.6 is 11.6 Å². The largest absolute Gasteiger partial charge is 0.397 e. The average molecular weight is 313 g/mol. The number of nitrogens with zero attached hydrogens (tertiary/aromatic N) is 1. The monoisotopic (exact) mass is 312 g/mol. The van der Waals surface area contributed by atoms with Gasteiger partial charge >= 0.3 is 0 Å². The molecule has 1 aliphatic rings. The van der Waals surface area contributed by atoms with Crippen LogP contribution in [-0.2, 0) is 14.3 Å². The van der Waals surface area contributed by atoms with Crippen molar-refractivity contribution in [1.82, 2.24) is 4.90 Å². The normalized spacial score (nSPS) is 19.2. The third-order valence-corrected chi connectivity index (χ3v) is 3.44. The highest BCUT2D eigenvalue weighted by molar-refractivity contribution is 6.31. The number of halogens is 1. The van der Waals surface area contributed by atoms with Crippen molar-refractivity contribution in [3.05, 3.63) is 23.2 Å². The zero-order chi connectivity index (χ0) is 15.4. The van der Waals surface area contributed by atoms with E-state index in [1.165, 1.54) is 0 Å². The second-order valence-electron chi connectivity index (χ2n) is 4.74. The zero-order valence-corrected chi connectivity index (χ0v) is 12.1. The first-order valence-corrected chi connectivity index (χ1v) is 6.81. The number of anilines is 2. The predicted octanol–water partition coefficient (Wildman–Crippen LogP) is 0.0468. The molecule has 8 heteroatoms. The lowest BCUT2D eigenvalue weighted by atomic mass is 10.2. The fraction of sp³-hybridized carbons (Fsp3) is 0.385. The Morgan fingerprint density at radius 3 is 2.90 bits per heavy atom. The molecule has 1 aromatic carbocycles. The summed E-state index contributed by atoms with van der Waals surface area (Å²) in [5, 5.41) is 3.18. The van der Waals surface area contributed by atoms with Crippen LogP contribution in [0.5, 0.6) is 0 Å². The number of ether oxygens (including phenoxy) is 1. The highest BCUT2D eigenvalue weighted by atomic mass is 35.5. The lowest BCUT2D eigenvalue weighted by Crippen LogP contribution is -2.54. The van der Waals surface area contributed by atoms with E-state index < -0.39 is 11.9 Å². The van der Waals surface area contributed by atoms with E-state index in [4.69, 9.17) is 27.8 Å². The average Bonchev–Trinajstić information content (AvgIpc) is 2.42. The van der Waals surface area contributed by atoms with E-state index >= 15 is 0 Å². The Kier molecular flexibility index (Phi) is 5.00. The molecule has 1 saturated heterocycles. The maximum atomic E-state index is 12.1. The number of morpholine rings is 1. The Morgan fingerprint density at radius 1 is 1.48 bits per heavy atom. The van der Waals surface area contributed by atoms with Gasteiger partial charge in [0.25, 0.3) is 0 Å². The molecule has 1 atom stereocenters. The number of hydrogen-bond acceptors (Lipinski definition) is 5. The van der Waals surface area contributed by atoms with E-state index in [2.05, 4.69) is 5.32 Å². The summed E-state index contributed by atoms with van der Waals surface area (Å²) in [6.07, 6.45) is 0. The number of hydrogen-bond donors (Lipinski definition) is 3. The number of carbonyl (C=O) groups is 2. The van der Waals surface area contributed by atoms with Crippen LogP contribution in [0.1, 0.15) is 0 Å². The number of nitrogens with one attached hydrogen (secondary N) is 1. The molecule has 5 N–H and O–H groups in total. The smallest absolute Gasteiger partial charge is 0.238 e. The van der Waals surface area contributed by atoms with Gasteiger partial charge in [0, 0.05) is 11.6 Å². The van der Waals surface area contributed by atoms with Crippen LogP contribution in [0.4, 0.5) is 11.4 Å². The number of amides is 2. The minimum atomic E-state index is -0.591. The number of rotatable bonds is 4. The number of primary amides is 1. The molecule has 1 unspecified atom stereocenters. The molecule has 7 nitrogen and oxygen atoms in total. The van der Waals surface area contributed by atoms with Crippen molar-refractivity contribution in [2.45, 2.75) is 6.04 Å². The van der Waals surface area contributed by atoms with Gasteiger partial charge < -0.3 is 21.5 Å². The maximum Gasteiger partial charge on any atom is 0.238 e. The second kappa shape index (κ2) is 6.75. The third kappa shape index (κ3) is 4.07. The van der Waals surface area contributed by atoms with Crippen molar-refractivity contribution in [1.29, 1.82) is 0 Å². The van der Waals surface area contributed by atoms with Gasteiger partial charge in [0.15, 0.2) is 0 Å². The quantitative estimate of drug-likeness (QED) is 0.680. The van der Waals surface area contributed by atoms with E-state index in [0.717, 1.165) is 0 Å². The van der Waals surface area contributed by atoms with Crippen LogP contribution in [0.3, 0.4) is 0 Å². The highest BCUT2D eigenvalue weighted by Gasteiger charge is 2.29. The van der Waals surface area contributed by atoms with Gasteiger partial charge in [-0.05, 0) is 18.2 Å². The van der Waals surface area contributed by atoms with Crippen LogP contribution < -0.4 is 16.8 Å². The summed E-state index contributed by atoms with van der Waals surface area (Å²) in [6.45, 7) is 1.17. The SMILES string of the molecule is NC(=O)C1COCCN1CC(=O)Nc1ccc(Cl)cc1N. The Hall–Kier alpha value is -1.83. The van der Waals surface area contributed by atoms with Gasteiger partial charge in [-0.1, -0.05) is 11.6 Å². The molecule has 0 radical (unpaired) electrons. The second-order valence-corrected chi connectivity index (χ2v) is 5.18. The summed E-state index contributed by atoms with van der Waals surface area (Å²) < 4.78 is 5.20. The van der Waals surface area contributed by atoms with Crippen molar-refractivity contribution < 1.29 is 14.3 Å². The van der Waals surface area contributed by atoms with E-state index in [9.17, 15) is 9.59 Å². The van der Waals surface area contributed by atoms with Crippen molar-refractivity contribution >= 4 is 34.8 Å². The lowest BCUT2D eigenvalue weighted by Gasteiger charge is -2.32. The summed E-state index contributed by atoms with van der Waals surface area (Å²) in [4.78, 5) is 25.1. The first-order valence-electron chi connectivity index (χ1n) is 6.43. The molecular weight excluding hydrogens is 296 g/mol. The Morgan fingerprint density at radius 2 is 2.24 bits per heavy atom. The summed E-state index contributed by atoms with van der Waals surface area (Å²) in [5.74, 6) is -0.786. The summed E-state index contributed by atoms with van der Waals surface area (Å²) >= 11 is 5.80. The summed E-state index contributed by atoms with van der Waals surface area (Å²) in [5.41, 5.74) is 11.9. The molecule has 114 valence electrons. The summed E-state index contributed by atoms with van der Waals surface area (Å²) in [7, 11) is 0. The fourth-order valence-corrected chi connectivity index (χ4v) is 2.29. The lowest BCUT2D eigenvalue weighted by molar-refractivity contribution is -0.131. The standard InChI is InChI=1S/C13H17ClN4O3/c14-8-1-2-10(9(15)5-8)17-12(19)6-18-3-4-21-7-11(18)13(16)20/h1-2,5,11H,3-4,6-7,15H2,(H2,16,20)(H,17,19). The van der Waals surface area contributed by atoms with Gasteiger partial charge in [0.2, 0.25) is 11.8 Å². The first kappa shape index (κ1) is 15.6. The maximum absolute atomic E-state index is 12.1. The minimum Gasteiger partial charge on any atom is -0.397 e. The topological polar surface area (TPSA) is 111 Å². The Labute approximate surface area is 127 Å². The Bertz CT molecular complexity index is 552. The number of nitrogen functional groups attached to an aromatic ring is 1. The molecule has 1 aromatic rings. The van der Waals surface area contributed by atoms with Crippen molar-refractivity contribution in [2.24, 2.45) is 5.73 Å². The number of nitrogens with two attached hydrogens (primary N) is 2. The van der Waals surface area contributed by atoms with Crippen LogP contribution in [0.25, 0.3) is 0 Å². The number of benzene rings is 1. The minimum absolute atomic E-state index is 0.0407. The molecule has 2 rings (SSSR count). The molecule has 21 heavy (non-hydrogen) atoms. The van der Waals surface area contributed by atoms with Crippen molar-refractivity contribution in [3.8, 4) is 0 Å². The van der Waals surface area contributed by atoms with Gasteiger partial charge in [0.05, 0.1) is 31.1 Å². The molecule has 0 aliphatic carbocycles. The van der Waals surface area contributed by atoms with Crippen LogP contribution in [0.15, 0.2) is 18.2 Å². The van der Waals surface area contributed by atoms with Gasteiger partial charge in [-0.25, -0.2) is 0 Å². The molecule has 1 fully saturated rings. The van der Waals surface area contributed by atoms with Gasteiger partial charge in [-0.15, -0.1) is 0 Å². The zero-order valence-electron chi connectivity index (χ0n) is 11.3. The van der Waals surface area contributed by atoms with Gasteiger partial charge in [-0.2, -0.15) is 0 Å². The molecular formula is C13H17ClN4O3. The van der Waals surface area contributed by atoms with Gasteiger partial charge in [-0.3, -0.25) is 14.5 Å². The predicted molar refractivity (Wildman–Crippen MR) is 79.9 cm³/mol. The number of carbonyl (C=O) groups excluding carboxylic acids is 2. The molecule has 0 spiro atoms. The van der Waals surface area contributed by atoms with Crippen molar-refractivity contribution in [2.75, 3.05) is 37.4 Å². The van der Waals surface area contributed by atoms with Crippen molar-refractivity contribution in [3.63, 3.8) is 0 Å². The van der Waals surface area contributed by atoms with Crippen LogP contribution in [-0.4, -0.2) is 49.1 Å². The molecule has 0 bridgehead atoms. The first-order chi connectivity index (χ1) is 9.97. The summed E-state index contributed by atoms with van der Waals surface area (Å²) in [6, 6.07) is 4.22. The van der Waals surface area contributed by atoms with E-state index in [1.54, 1.807) is 23.1 Å². The van der Waals surface area contributed by atoms with Crippen LogP contribution in [0, 0.1) is 0 Å². The molecule has 2 amide bonds. The fourth-order valence-electron chi connectivity index (χ4n) is 2.11. The molecule has 1 heterocycles. The Balaban J connectivity index is 1.98. The molecule has 0 saturated carbocycles.